The molecule has 0 atom stereocenters. The number of hydrogen-bond acceptors (Lipinski definition) is 7. The van der Waals surface area contributed by atoms with Gasteiger partial charge in [-0.15, -0.1) is 0 Å². The van der Waals surface area contributed by atoms with Crippen LogP contribution in [0.5, 0.6) is 0 Å². The smallest absolute Gasteiger partial charge is 0.293 e. The minimum Gasteiger partial charge on any atom is -0.293 e. The molecule has 19 heavy (non-hydrogen) atoms. The maximum absolute atomic E-state index is 11.3. The van der Waals surface area contributed by atoms with Crippen LogP contribution in [-0.2, 0) is 28.9 Å². The summed E-state index contributed by atoms with van der Waals surface area (Å²) in [6.07, 6.45) is -1.73. The predicted molar refractivity (Wildman–Crippen MR) is 56.5 cm³/mol. The van der Waals surface area contributed by atoms with Crippen LogP contribution in [0.2, 0.25) is 0 Å². The first-order valence-electron chi connectivity index (χ1n) is 5.46. The van der Waals surface area contributed by atoms with Gasteiger partial charge in [0.05, 0.1) is 0 Å². The van der Waals surface area contributed by atoms with Crippen molar-refractivity contribution in [1.29, 1.82) is 0 Å². The number of amides is 4. The summed E-state index contributed by atoms with van der Waals surface area (Å²) in [5, 5.41) is 0.449. The first kappa shape index (κ1) is 14.6. The summed E-state index contributed by atoms with van der Waals surface area (Å²) < 4.78 is 0. The maximum atomic E-state index is 11.3. The molecular formula is C10H12N2O7. The quantitative estimate of drug-likeness (QED) is 0.510. The fourth-order valence-electron chi connectivity index (χ4n) is 1.26. The third-order valence-electron chi connectivity index (χ3n) is 2.15. The summed E-state index contributed by atoms with van der Waals surface area (Å²) in [6.45, 7) is 2.47. The lowest BCUT2D eigenvalue weighted by Gasteiger charge is -2.18. The van der Waals surface area contributed by atoms with Crippen molar-refractivity contribution >= 4 is 29.8 Å². The van der Waals surface area contributed by atoms with Crippen molar-refractivity contribution in [3.63, 3.8) is 0 Å². The molecule has 9 nitrogen and oxygen atoms in total. The Hall–Kier alpha value is -2.45. The van der Waals surface area contributed by atoms with E-state index in [1.54, 1.807) is 0 Å². The standard InChI is InChI=1S/C10H12N2O7/c1-3-7(14)11(6(2)13)18-10(17)19-12-8(15)4-5-9(12)16/h3-5H2,1-2H3. The van der Waals surface area contributed by atoms with Gasteiger partial charge in [-0.05, 0) is 0 Å². The Bertz CT molecular complexity index is 429. The fraction of sp³-hybridized carbons (Fsp3) is 0.500. The average Bonchev–Trinajstić information content (AvgIpc) is 2.66. The molecule has 0 aliphatic carbocycles. The van der Waals surface area contributed by atoms with Crippen molar-refractivity contribution in [2.45, 2.75) is 33.1 Å². The molecule has 0 aromatic rings. The zero-order valence-corrected chi connectivity index (χ0v) is 10.4. The minimum absolute atomic E-state index is 0.0730. The van der Waals surface area contributed by atoms with Gasteiger partial charge >= 0.3 is 6.16 Å². The number of nitrogens with zero attached hydrogens (tertiary/aromatic N) is 2. The van der Waals surface area contributed by atoms with Gasteiger partial charge in [0, 0.05) is 26.2 Å². The van der Waals surface area contributed by atoms with Crippen LogP contribution in [0.3, 0.4) is 0 Å². The van der Waals surface area contributed by atoms with Gasteiger partial charge in [-0.25, -0.2) is 0 Å². The van der Waals surface area contributed by atoms with Gasteiger partial charge in [0.1, 0.15) is 0 Å². The van der Waals surface area contributed by atoms with E-state index >= 15 is 0 Å². The molecule has 0 spiro atoms. The summed E-state index contributed by atoms with van der Waals surface area (Å²) in [6, 6.07) is 0. The zero-order chi connectivity index (χ0) is 14.6. The molecular weight excluding hydrogens is 260 g/mol. The van der Waals surface area contributed by atoms with Gasteiger partial charge in [-0.2, -0.15) is 4.79 Å². The number of hydroxylamine groups is 4. The van der Waals surface area contributed by atoms with Gasteiger partial charge in [0.15, 0.2) is 0 Å². The van der Waals surface area contributed by atoms with E-state index in [9.17, 15) is 24.0 Å². The second kappa shape index (κ2) is 5.94. The second-order valence-electron chi connectivity index (χ2n) is 3.58. The van der Waals surface area contributed by atoms with E-state index in [-0.39, 0.29) is 29.4 Å². The highest BCUT2D eigenvalue weighted by Crippen LogP contribution is 2.13. The molecule has 1 saturated heterocycles. The molecule has 4 amide bonds. The molecule has 0 radical (unpaired) electrons. The monoisotopic (exact) mass is 272 g/mol. The topological polar surface area (TPSA) is 110 Å². The average molecular weight is 272 g/mol. The predicted octanol–water partition coefficient (Wildman–Crippen LogP) is -0.0963. The van der Waals surface area contributed by atoms with Crippen LogP contribution in [0, 0.1) is 0 Å². The highest BCUT2D eigenvalue weighted by molar-refractivity contribution is 6.01. The molecule has 1 heterocycles. The summed E-state index contributed by atoms with van der Waals surface area (Å²) in [5.74, 6) is -2.98. The van der Waals surface area contributed by atoms with Crippen molar-refractivity contribution < 1.29 is 33.6 Å². The van der Waals surface area contributed by atoms with Crippen molar-refractivity contribution in [3.05, 3.63) is 0 Å². The molecule has 9 heteroatoms. The molecule has 0 aromatic heterocycles. The molecule has 1 aliphatic heterocycles. The lowest BCUT2D eigenvalue weighted by molar-refractivity contribution is -0.201. The zero-order valence-electron chi connectivity index (χ0n) is 10.4. The molecule has 0 saturated carbocycles. The summed E-state index contributed by atoms with van der Waals surface area (Å²) in [5.41, 5.74) is 0. The molecule has 0 unspecified atom stereocenters. The highest BCUT2D eigenvalue weighted by atomic mass is 16.9. The Kier molecular flexibility index (Phi) is 4.56. The number of imide groups is 2. The van der Waals surface area contributed by atoms with Crippen LogP contribution >= 0.6 is 0 Å². The van der Waals surface area contributed by atoms with Gasteiger partial charge in [0.2, 0.25) is 0 Å². The van der Waals surface area contributed by atoms with Crippen LogP contribution in [0.1, 0.15) is 33.1 Å². The maximum Gasteiger partial charge on any atom is 0.560 e. The van der Waals surface area contributed by atoms with Crippen LogP contribution in [-0.4, -0.2) is 39.9 Å². The summed E-state index contributed by atoms with van der Waals surface area (Å²) in [4.78, 5) is 64.6. The molecule has 0 N–H and O–H groups in total. The van der Waals surface area contributed by atoms with Crippen molar-refractivity contribution in [2.75, 3.05) is 0 Å². The van der Waals surface area contributed by atoms with Gasteiger partial charge < -0.3 is 0 Å². The van der Waals surface area contributed by atoms with E-state index in [1.807, 2.05) is 0 Å². The van der Waals surface area contributed by atoms with E-state index in [2.05, 4.69) is 9.68 Å². The Morgan fingerprint density at radius 3 is 2.16 bits per heavy atom. The van der Waals surface area contributed by atoms with Crippen LogP contribution in [0.4, 0.5) is 4.79 Å². The van der Waals surface area contributed by atoms with Crippen LogP contribution < -0.4 is 0 Å². The summed E-state index contributed by atoms with van der Waals surface area (Å²) in [7, 11) is 0. The third kappa shape index (κ3) is 3.50. The van der Waals surface area contributed by atoms with E-state index in [0.717, 1.165) is 6.92 Å². The largest absolute Gasteiger partial charge is 0.560 e. The lowest BCUT2D eigenvalue weighted by Crippen LogP contribution is -2.40. The molecule has 0 aromatic carbocycles. The normalized spacial score (nSPS) is 14.3. The molecule has 104 valence electrons. The molecule has 0 bridgehead atoms. The fourth-order valence-corrected chi connectivity index (χ4v) is 1.26. The van der Waals surface area contributed by atoms with Crippen LogP contribution in [0.25, 0.3) is 0 Å². The number of carbonyl (C=O) groups is 5. The first-order chi connectivity index (χ1) is 8.86. The lowest BCUT2D eigenvalue weighted by atomic mass is 10.4. The van der Waals surface area contributed by atoms with Crippen LogP contribution in [0.15, 0.2) is 0 Å². The third-order valence-corrected chi connectivity index (χ3v) is 2.15. The van der Waals surface area contributed by atoms with Crippen molar-refractivity contribution in [1.82, 2.24) is 10.1 Å². The van der Waals surface area contributed by atoms with E-state index in [0.29, 0.717) is 0 Å². The number of hydrogen-bond donors (Lipinski definition) is 0. The van der Waals surface area contributed by atoms with E-state index in [4.69, 9.17) is 0 Å². The molecule has 1 aliphatic rings. The van der Waals surface area contributed by atoms with E-state index < -0.39 is 29.8 Å². The Morgan fingerprint density at radius 1 is 1.21 bits per heavy atom. The summed E-state index contributed by atoms with van der Waals surface area (Å²) >= 11 is 0. The number of rotatable bonds is 2. The van der Waals surface area contributed by atoms with Crippen molar-refractivity contribution in [3.8, 4) is 0 Å². The van der Waals surface area contributed by atoms with Gasteiger partial charge in [-0.1, -0.05) is 17.1 Å². The minimum atomic E-state index is -1.51. The Morgan fingerprint density at radius 2 is 1.74 bits per heavy atom. The molecule has 1 rings (SSSR count). The van der Waals surface area contributed by atoms with E-state index in [1.165, 1.54) is 6.92 Å². The van der Waals surface area contributed by atoms with Gasteiger partial charge in [-0.3, -0.25) is 28.9 Å². The van der Waals surface area contributed by atoms with Crippen molar-refractivity contribution in [2.24, 2.45) is 0 Å². The first-order valence-corrected chi connectivity index (χ1v) is 5.46. The SMILES string of the molecule is CCC(=O)N(OC(=O)ON1C(=O)CCC1=O)C(C)=O. The number of carbonyl (C=O) groups excluding carboxylic acids is 5. The Labute approximate surface area is 107 Å². The van der Waals surface area contributed by atoms with Gasteiger partial charge in [0.25, 0.3) is 23.6 Å². The molecule has 1 fully saturated rings. The Balaban J connectivity index is 2.63. The second-order valence-corrected chi connectivity index (χ2v) is 3.58. The highest BCUT2D eigenvalue weighted by Gasteiger charge is 2.34.